The summed E-state index contributed by atoms with van der Waals surface area (Å²) in [4.78, 5) is 0. The van der Waals surface area contributed by atoms with Crippen molar-refractivity contribution in [1.29, 1.82) is 5.26 Å². The van der Waals surface area contributed by atoms with Crippen molar-refractivity contribution < 1.29 is 13.2 Å². The van der Waals surface area contributed by atoms with Gasteiger partial charge in [0.15, 0.2) is 0 Å². The molecule has 0 N–H and O–H groups in total. The maximum atomic E-state index is 15.2. The van der Waals surface area contributed by atoms with Crippen molar-refractivity contribution in [2.24, 2.45) is 0 Å². The zero-order valence-corrected chi connectivity index (χ0v) is 29.8. The lowest BCUT2D eigenvalue weighted by molar-refractivity contribution is -0.137. The van der Waals surface area contributed by atoms with Gasteiger partial charge in [0.25, 0.3) is 0 Å². The Hall–Kier alpha value is -7.36. The third-order valence-corrected chi connectivity index (χ3v) is 10.8. The summed E-state index contributed by atoms with van der Waals surface area (Å²) in [6.07, 6.45) is -4.66. The SMILES string of the molecule is N#Cc1cc(-n2c3ccccc3c3cc(-c4ccccc4)ccc32)c(-c2ccccc2C(F)(F)F)c(-n2c3ccccc3c3cc(-c4ccccc4)ccc32)c1. The van der Waals surface area contributed by atoms with E-state index in [2.05, 4.69) is 42.5 Å². The number of nitriles is 1. The van der Waals surface area contributed by atoms with E-state index < -0.39 is 11.7 Å². The van der Waals surface area contributed by atoms with Crippen molar-refractivity contribution >= 4 is 43.6 Å². The number of para-hydroxylation sites is 2. The molecule has 0 spiro atoms. The molecule has 10 aromatic rings. The standard InChI is InChI=1S/C50H30F3N3/c51-50(52,53)42-20-10-7-19-39(42)49-47(55-43-21-11-8-17-37(43)40-29-35(23-25-45(40)55)33-13-3-1-4-14-33)27-32(31-54)28-48(49)56-44-22-12-9-18-38(44)41-30-36(24-26-46(41)56)34-15-5-2-6-16-34/h1-30H. The molecule has 0 amide bonds. The topological polar surface area (TPSA) is 33.6 Å². The van der Waals surface area contributed by atoms with Crippen molar-refractivity contribution in [3.8, 4) is 50.8 Å². The molecule has 0 aliphatic rings. The quantitative estimate of drug-likeness (QED) is 0.174. The van der Waals surface area contributed by atoms with Gasteiger partial charge in [0.2, 0.25) is 0 Å². The average molecular weight is 730 g/mol. The molecule has 2 aromatic heterocycles. The second kappa shape index (κ2) is 12.9. The van der Waals surface area contributed by atoms with Crippen molar-refractivity contribution in [3.63, 3.8) is 0 Å². The number of alkyl halides is 3. The molecule has 6 heteroatoms. The minimum absolute atomic E-state index is 0.0214. The van der Waals surface area contributed by atoms with Crippen LogP contribution in [0, 0.1) is 11.3 Å². The van der Waals surface area contributed by atoms with E-state index in [1.54, 1.807) is 24.3 Å². The molecule has 0 aliphatic carbocycles. The van der Waals surface area contributed by atoms with E-state index in [1.807, 2.05) is 118 Å². The molecule has 3 nitrogen and oxygen atoms in total. The Morgan fingerprint density at radius 2 is 0.839 bits per heavy atom. The number of aromatic nitrogens is 2. The van der Waals surface area contributed by atoms with E-state index in [0.717, 1.165) is 71.9 Å². The first-order valence-electron chi connectivity index (χ1n) is 18.3. The molecule has 0 bridgehead atoms. The second-order valence-electron chi connectivity index (χ2n) is 13.9. The molecule has 0 aliphatic heterocycles. The van der Waals surface area contributed by atoms with Gasteiger partial charge in [0, 0.05) is 27.1 Å². The fourth-order valence-corrected chi connectivity index (χ4v) is 8.34. The van der Waals surface area contributed by atoms with E-state index >= 15 is 13.2 Å². The molecule has 2 heterocycles. The molecule has 0 fully saturated rings. The van der Waals surface area contributed by atoms with E-state index in [4.69, 9.17) is 0 Å². The van der Waals surface area contributed by atoms with Crippen LogP contribution in [0.2, 0.25) is 0 Å². The maximum absolute atomic E-state index is 15.2. The number of fused-ring (bicyclic) bond motifs is 6. The fraction of sp³-hybridized carbons (Fsp3) is 0.0200. The van der Waals surface area contributed by atoms with Gasteiger partial charge < -0.3 is 9.13 Å². The van der Waals surface area contributed by atoms with Gasteiger partial charge in [-0.1, -0.05) is 127 Å². The first-order chi connectivity index (χ1) is 27.4. The molecular formula is C50H30F3N3. The van der Waals surface area contributed by atoms with Gasteiger partial charge in [-0.2, -0.15) is 18.4 Å². The molecule has 266 valence electrons. The van der Waals surface area contributed by atoms with Gasteiger partial charge >= 0.3 is 6.18 Å². The van der Waals surface area contributed by atoms with Crippen LogP contribution < -0.4 is 0 Å². The van der Waals surface area contributed by atoms with Gasteiger partial charge in [-0.3, -0.25) is 0 Å². The van der Waals surface area contributed by atoms with Crippen LogP contribution in [0.1, 0.15) is 11.1 Å². The molecule has 0 radical (unpaired) electrons. The number of halogens is 3. The third-order valence-electron chi connectivity index (χ3n) is 10.8. The number of hydrogen-bond acceptors (Lipinski definition) is 1. The lowest BCUT2D eigenvalue weighted by atomic mass is 9.94. The largest absolute Gasteiger partial charge is 0.417 e. The third kappa shape index (κ3) is 5.28. The van der Waals surface area contributed by atoms with Crippen LogP contribution in [-0.4, -0.2) is 9.13 Å². The van der Waals surface area contributed by atoms with Crippen LogP contribution in [0.5, 0.6) is 0 Å². The lowest BCUT2D eigenvalue weighted by Gasteiger charge is -2.23. The fourth-order valence-electron chi connectivity index (χ4n) is 8.34. The summed E-state index contributed by atoms with van der Waals surface area (Å²) in [5.41, 5.74) is 8.31. The molecule has 10 rings (SSSR count). The first-order valence-corrected chi connectivity index (χ1v) is 18.3. The monoisotopic (exact) mass is 729 g/mol. The molecule has 0 saturated carbocycles. The average Bonchev–Trinajstić information content (AvgIpc) is 3.75. The highest BCUT2D eigenvalue weighted by atomic mass is 19.4. The zero-order chi connectivity index (χ0) is 38.0. The van der Waals surface area contributed by atoms with Gasteiger partial charge in [-0.25, -0.2) is 0 Å². The highest BCUT2D eigenvalue weighted by Crippen LogP contribution is 2.47. The summed E-state index contributed by atoms with van der Waals surface area (Å²) in [5, 5.41) is 14.5. The summed E-state index contributed by atoms with van der Waals surface area (Å²) in [5.74, 6) is 0. The Morgan fingerprint density at radius 3 is 1.32 bits per heavy atom. The van der Waals surface area contributed by atoms with E-state index in [9.17, 15) is 5.26 Å². The minimum Gasteiger partial charge on any atom is -0.308 e. The van der Waals surface area contributed by atoms with Crippen molar-refractivity contribution in [1.82, 2.24) is 9.13 Å². The zero-order valence-electron chi connectivity index (χ0n) is 29.8. The molecule has 56 heavy (non-hydrogen) atoms. The Kier molecular flexibility index (Phi) is 7.65. The smallest absolute Gasteiger partial charge is 0.308 e. The van der Waals surface area contributed by atoms with Crippen molar-refractivity contribution in [3.05, 3.63) is 193 Å². The summed E-state index contributed by atoms with van der Waals surface area (Å²) < 4.78 is 49.6. The number of hydrogen-bond donors (Lipinski definition) is 0. The number of benzene rings is 8. The van der Waals surface area contributed by atoms with Crippen LogP contribution in [0.3, 0.4) is 0 Å². The highest BCUT2D eigenvalue weighted by Gasteiger charge is 2.35. The lowest BCUT2D eigenvalue weighted by Crippen LogP contribution is -2.10. The van der Waals surface area contributed by atoms with Gasteiger partial charge in [-0.15, -0.1) is 0 Å². The summed E-state index contributed by atoms with van der Waals surface area (Å²) in [6.45, 7) is 0. The number of nitrogens with zero attached hydrogens (tertiary/aromatic N) is 3. The maximum Gasteiger partial charge on any atom is 0.417 e. The summed E-state index contributed by atoms with van der Waals surface area (Å²) in [6, 6.07) is 60.0. The van der Waals surface area contributed by atoms with Gasteiger partial charge in [0.1, 0.15) is 0 Å². The van der Waals surface area contributed by atoms with Crippen LogP contribution in [0.15, 0.2) is 182 Å². The molecule has 8 aromatic carbocycles. The normalized spacial score (nSPS) is 11.8. The Bertz CT molecular complexity index is 3010. The predicted octanol–water partition coefficient (Wildman–Crippen LogP) is 13.8. The first kappa shape index (κ1) is 33.2. The van der Waals surface area contributed by atoms with E-state index in [0.29, 0.717) is 22.5 Å². The molecular weight excluding hydrogens is 700 g/mol. The minimum atomic E-state index is -4.66. The Balaban J connectivity index is 1.36. The van der Waals surface area contributed by atoms with Crippen LogP contribution in [0.25, 0.3) is 88.4 Å². The number of rotatable bonds is 5. The van der Waals surface area contributed by atoms with Crippen LogP contribution >= 0.6 is 0 Å². The van der Waals surface area contributed by atoms with Crippen molar-refractivity contribution in [2.45, 2.75) is 6.18 Å². The summed E-state index contributed by atoms with van der Waals surface area (Å²) in [7, 11) is 0. The molecule has 0 unspecified atom stereocenters. The Morgan fingerprint density at radius 1 is 0.411 bits per heavy atom. The van der Waals surface area contributed by atoms with Crippen molar-refractivity contribution in [2.75, 3.05) is 0 Å². The Labute approximate surface area is 320 Å². The second-order valence-corrected chi connectivity index (χ2v) is 13.9. The van der Waals surface area contributed by atoms with Gasteiger partial charge in [0.05, 0.1) is 50.6 Å². The van der Waals surface area contributed by atoms with Gasteiger partial charge in [-0.05, 0) is 82.4 Å². The highest BCUT2D eigenvalue weighted by molar-refractivity contribution is 6.13. The van der Waals surface area contributed by atoms with E-state index in [-0.39, 0.29) is 5.56 Å². The van der Waals surface area contributed by atoms with E-state index in [1.165, 1.54) is 6.07 Å². The van der Waals surface area contributed by atoms with Crippen LogP contribution in [-0.2, 0) is 6.18 Å². The predicted molar refractivity (Wildman–Crippen MR) is 221 cm³/mol. The van der Waals surface area contributed by atoms with Crippen LogP contribution in [0.4, 0.5) is 13.2 Å². The molecule has 0 atom stereocenters. The molecule has 0 saturated heterocycles. The summed E-state index contributed by atoms with van der Waals surface area (Å²) >= 11 is 0.